The average Bonchev–Trinajstić information content (AvgIpc) is 1.89. The van der Waals surface area contributed by atoms with Crippen LogP contribution in [0.5, 0.6) is 0 Å². The quantitative estimate of drug-likeness (QED) is 0.201. The van der Waals surface area contributed by atoms with Crippen LogP contribution >= 0.6 is 0 Å². The van der Waals surface area contributed by atoms with Crippen molar-refractivity contribution in [2.45, 2.75) is 19.9 Å². The van der Waals surface area contributed by atoms with Crippen LogP contribution < -0.4 is 5.73 Å². The van der Waals surface area contributed by atoms with E-state index in [-0.39, 0.29) is 6.04 Å². The zero-order chi connectivity index (χ0) is 7.82. The van der Waals surface area contributed by atoms with Crippen molar-refractivity contribution in [1.82, 2.24) is 0 Å². The first-order valence-corrected chi connectivity index (χ1v) is 3.11. The standard InChI is InChI=1S/C7H11N3/c1-3-4-7(2)10-6-9-5-8/h3-4,6-8H,1-2H3/p+1/b4-3+,10-6?. The zero-order valence-electron chi connectivity index (χ0n) is 6.28. The minimum Gasteiger partial charge on any atom is -0.269 e. The smallest absolute Gasteiger partial charge is 0.269 e. The molecule has 2 N–H and O–H groups in total. The van der Waals surface area contributed by atoms with Gasteiger partial charge in [-0.15, -0.1) is 4.99 Å². The highest BCUT2D eigenvalue weighted by molar-refractivity contribution is 5.67. The van der Waals surface area contributed by atoms with Crippen molar-refractivity contribution in [3.8, 4) is 6.19 Å². The lowest BCUT2D eigenvalue weighted by atomic mass is 10.3. The number of nitrogens with zero attached hydrogens (tertiary/aromatic N) is 2. The van der Waals surface area contributed by atoms with Crippen molar-refractivity contribution in [3.63, 3.8) is 0 Å². The molecule has 1 atom stereocenters. The van der Waals surface area contributed by atoms with Gasteiger partial charge in [0.05, 0.1) is 0 Å². The van der Waals surface area contributed by atoms with Gasteiger partial charge in [-0.1, -0.05) is 6.08 Å². The number of nitrogens with two attached hydrogens (primary N) is 1. The Morgan fingerprint density at radius 3 is 2.90 bits per heavy atom. The van der Waals surface area contributed by atoms with Gasteiger partial charge in [0.15, 0.2) is 0 Å². The van der Waals surface area contributed by atoms with Crippen molar-refractivity contribution in [1.29, 1.82) is 0 Å². The lowest BCUT2D eigenvalue weighted by Gasteiger charge is -1.85. The molecule has 54 valence electrons. The fourth-order valence-electron chi connectivity index (χ4n) is 0.500. The second-order valence-corrected chi connectivity index (χ2v) is 1.79. The van der Waals surface area contributed by atoms with Crippen LogP contribution in [0.4, 0.5) is 0 Å². The largest absolute Gasteiger partial charge is 0.319 e. The monoisotopic (exact) mass is 138 g/mol. The molecule has 0 aliphatic carbocycles. The summed E-state index contributed by atoms with van der Waals surface area (Å²) in [5, 5.41) is 0. The molecule has 0 spiro atoms. The summed E-state index contributed by atoms with van der Waals surface area (Å²) in [7, 11) is 0. The number of rotatable bonds is 2. The van der Waals surface area contributed by atoms with Crippen LogP contribution in [0.2, 0.25) is 0 Å². The molecule has 0 bridgehead atoms. The van der Waals surface area contributed by atoms with Gasteiger partial charge in [-0.05, 0) is 19.9 Å². The summed E-state index contributed by atoms with van der Waals surface area (Å²) < 4.78 is 0. The van der Waals surface area contributed by atoms with Gasteiger partial charge in [-0.3, -0.25) is 5.73 Å². The highest BCUT2D eigenvalue weighted by atomic mass is 14.9. The number of hydrogen-bond acceptors (Lipinski definition) is 2. The maximum absolute atomic E-state index is 4.86. The molecular formula is C7H12N3+. The van der Waals surface area contributed by atoms with Crippen LogP contribution in [0.3, 0.4) is 0 Å². The van der Waals surface area contributed by atoms with E-state index in [0.29, 0.717) is 0 Å². The Balaban J connectivity index is 3.73. The third-order valence-electron chi connectivity index (χ3n) is 0.905. The minimum atomic E-state index is 0.169. The lowest BCUT2D eigenvalue weighted by molar-refractivity contribution is 0.931. The summed E-state index contributed by atoms with van der Waals surface area (Å²) in [6.07, 6.45) is 7.41. The minimum absolute atomic E-state index is 0.169. The van der Waals surface area contributed by atoms with Gasteiger partial charge in [-0.2, -0.15) is 4.85 Å². The molecule has 0 aliphatic rings. The first-order chi connectivity index (χ1) is 4.81. The van der Waals surface area contributed by atoms with Crippen LogP contribution in [0.25, 0.3) is 4.85 Å². The summed E-state index contributed by atoms with van der Waals surface area (Å²) >= 11 is 0. The fourth-order valence-corrected chi connectivity index (χ4v) is 0.500. The third kappa shape index (κ3) is 4.85. The van der Waals surface area contributed by atoms with E-state index >= 15 is 0 Å². The lowest BCUT2D eigenvalue weighted by Crippen LogP contribution is -1.90. The summed E-state index contributed by atoms with van der Waals surface area (Å²) in [5.74, 6) is 0. The maximum Gasteiger partial charge on any atom is 0.319 e. The molecule has 0 radical (unpaired) electrons. The molecule has 0 heterocycles. The molecule has 0 amide bonds. The third-order valence-corrected chi connectivity index (χ3v) is 0.905. The van der Waals surface area contributed by atoms with E-state index in [4.69, 9.17) is 5.73 Å². The number of hydrogen-bond donors (Lipinski definition) is 1. The van der Waals surface area contributed by atoms with Crippen molar-refractivity contribution in [2.24, 2.45) is 10.7 Å². The molecule has 0 aromatic carbocycles. The van der Waals surface area contributed by atoms with Gasteiger partial charge in [0.2, 0.25) is 0 Å². The van der Waals surface area contributed by atoms with E-state index in [1.54, 1.807) is 0 Å². The Bertz CT molecular complexity index is 183. The predicted octanol–water partition coefficient (Wildman–Crippen LogP) is 1.23. The molecule has 0 aliphatic heterocycles. The number of aliphatic imine (C=N–C) groups is 1. The molecule has 0 aromatic rings. The number of allylic oxidation sites excluding steroid dienone is 1. The first-order valence-electron chi connectivity index (χ1n) is 3.11. The summed E-state index contributed by atoms with van der Waals surface area (Å²) in [4.78, 5) is 7.48. The molecule has 3 nitrogen and oxygen atoms in total. The van der Waals surface area contributed by atoms with Crippen LogP contribution in [0.15, 0.2) is 17.1 Å². The summed E-state index contributed by atoms with van der Waals surface area (Å²) in [6.45, 7) is 3.91. The molecule has 0 saturated heterocycles. The van der Waals surface area contributed by atoms with E-state index < -0.39 is 0 Å². The van der Waals surface area contributed by atoms with Crippen LogP contribution in [0.1, 0.15) is 13.8 Å². The average molecular weight is 138 g/mol. The van der Waals surface area contributed by atoms with Crippen molar-refractivity contribution >= 4 is 6.34 Å². The molecular weight excluding hydrogens is 126 g/mol. The highest BCUT2D eigenvalue weighted by Gasteiger charge is 1.91. The molecule has 0 rings (SSSR count). The molecule has 0 aromatic heterocycles. The molecule has 10 heavy (non-hydrogen) atoms. The Kier molecular flexibility index (Phi) is 5.07. The van der Waals surface area contributed by atoms with E-state index in [1.165, 1.54) is 6.34 Å². The molecule has 1 unspecified atom stereocenters. The highest BCUT2D eigenvalue weighted by Crippen LogP contribution is 1.89. The van der Waals surface area contributed by atoms with E-state index in [1.807, 2.05) is 26.0 Å². The zero-order valence-corrected chi connectivity index (χ0v) is 6.28. The topological polar surface area (TPSA) is 42.7 Å². The SMILES string of the molecule is C/C=C/C(C)N=C[N+]#CN. The normalized spacial score (nSPS) is 13.4. The van der Waals surface area contributed by atoms with Crippen molar-refractivity contribution in [3.05, 3.63) is 17.0 Å². The fraction of sp³-hybridized carbons (Fsp3) is 0.429. The van der Waals surface area contributed by atoms with Crippen LogP contribution in [-0.4, -0.2) is 12.4 Å². The Morgan fingerprint density at radius 2 is 2.40 bits per heavy atom. The van der Waals surface area contributed by atoms with Crippen molar-refractivity contribution in [2.75, 3.05) is 0 Å². The summed E-state index contributed by atoms with van der Waals surface area (Å²) in [6, 6.07) is 0.169. The van der Waals surface area contributed by atoms with Crippen molar-refractivity contribution < 1.29 is 0 Å². The molecule has 0 saturated carbocycles. The second-order valence-electron chi connectivity index (χ2n) is 1.79. The summed E-state index contributed by atoms with van der Waals surface area (Å²) in [5.41, 5.74) is 4.86. The van der Waals surface area contributed by atoms with Gasteiger partial charge in [0, 0.05) is 0 Å². The maximum atomic E-state index is 4.86. The molecule has 0 fully saturated rings. The molecule has 3 heteroatoms. The van der Waals surface area contributed by atoms with Crippen LogP contribution in [0, 0.1) is 6.19 Å². The Labute approximate surface area is 61.1 Å². The van der Waals surface area contributed by atoms with Crippen LogP contribution in [-0.2, 0) is 0 Å². The van der Waals surface area contributed by atoms with Gasteiger partial charge in [0.1, 0.15) is 6.04 Å². The van der Waals surface area contributed by atoms with Gasteiger partial charge in [-0.25, -0.2) is 0 Å². The second kappa shape index (κ2) is 5.83. The Morgan fingerprint density at radius 1 is 1.70 bits per heavy atom. The van der Waals surface area contributed by atoms with Gasteiger partial charge >= 0.3 is 6.34 Å². The Hall–Kier alpha value is -1.30. The van der Waals surface area contributed by atoms with E-state index in [9.17, 15) is 0 Å². The van der Waals surface area contributed by atoms with Gasteiger partial charge < -0.3 is 0 Å². The first kappa shape index (κ1) is 8.70. The van der Waals surface area contributed by atoms with Gasteiger partial charge in [0.25, 0.3) is 6.19 Å². The van der Waals surface area contributed by atoms with E-state index in [0.717, 1.165) is 0 Å². The van der Waals surface area contributed by atoms with E-state index in [2.05, 4.69) is 16.0 Å². The predicted molar refractivity (Wildman–Crippen MR) is 44.2 cm³/mol.